The van der Waals surface area contributed by atoms with Crippen LogP contribution in [0.1, 0.15) is 27.6 Å². The predicted molar refractivity (Wildman–Crippen MR) is 98.3 cm³/mol. The third-order valence-electron chi connectivity index (χ3n) is 3.64. The Kier molecular flexibility index (Phi) is 5.03. The molecule has 1 amide bonds. The van der Waals surface area contributed by atoms with E-state index in [0.717, 1.165) is 0 Å². The number of rotatable bonds is 5. The number of halogens is 1. The van der Waals surface area contributed by atoms with Gasteiger partial charge in [0.25, 0.3) is 5.91 Å². The SMILES string of the molecule is CC(=O)c1cccc(Nc2cncc(C(=O)Nc3cccc(F)c3)c2)c1. The second-order valence-electron chi connectivity index (χ2n) is 5.69. The van der Waals surface area contributed by atoms with Crippen LogP contribution >= 0.6 is 0 Å². The van der Waals surface area contributed by atoms with Gasteiger partial charge in [-0.3, -0.25) is 14.6 Å². The van der Waals surface area contributed by atoms with Crippen LogP contribution in [0, 0.1) is 5.82 Å². The highest BCUT2D eigenvalue weighted by atomic mass is 19.1. The van der Waals surface area contributed by atoms with Crippen LogP contribution < -0.4 is 10.6 Å². The summed E-state index contributed by atoms with van der Waals surface area (Å²) in [5, 5.41) is 5.74. The first-order valence-corrected chi connectivity index (χ1v) is 7.91. The lowest BCUT2D eigenvalue weighted by molar-refractivity contribution is 0.101. The Balaban J connectivity index is 1.76. The lowest BCUT2D eigenvalue weighted by Crippen LogP contribution is -2.12. The van der Waals surface area contributed by atoms with Crippen LogP contribution in [-0.2, 0) is 0 Å². The number of carbonyl (C=O) groups excluding carboxylic acids is 2. The summed E-state index contributed by atoms with van der Waals surface area (Å²) in [7, 11) is 0. The molecular weight excluding hydrogens is 333 g/mol. The van der Waals surface area contributed by atoms with Crippen molar-refractivity contribution < 1.29 is 14.0 Å². The fourth-order valence-corrected chi connectivity index (χ4v) is 2.38. The molecule has 0 saturated carbocycles. The van der Waals surface area contributed by atoms with E-state index >= 15 is 0 Å². The third kappa shape index (κ3) is 4.30. The molecule has 2 aromatic carbocycles. The predicted octanol–water partition coefficient (Wildman–Crippen LogP) is 4.42. The summed E-state index contributed by atoms with van der Waals surface area (Å²) in [5.74, 6) is -0.860. The summed E-state index contributed by atoms with van der Waals surface area (Å²) in [6.07, 6.45) is 2.99. The van der Waals surface area contributed by atoms with Gasteiger partial charge in [0, 0.05) is 23.1 Å². The van der Waals surface area contributed by atoms with Gasteiger partial charge in [-0.05, 0) is 43.3 Å². The molecule has 0 atom stereocenters. The fraction of sp³-hybridized carbons (Fsp3) is 0.0500. The number of nitrogens with zero attached hydrogens (tertiary/aromatic N) is 1. The maximum absolute atomic E-state index is 13.2. The molecule has 0 radical (unpaired) electrons. The van der Waals surface area contributed by atoms with Crippen LogP contribution in [0.3, 0.4) is 0 Å². The van der Waals surface area contributed by atoms with Crippen molar-refractivity contribution >= 4 is 28.8 Å². The van der Waals surface area contributed by atoms with E-state index in [2.05, 4.69) is 15.6 Å². The summed E-state index contributed by atoms with van der Waals surface area (Å²) >= 11 is 0. The molecule has 0 bridgehead atoms. The summed E-state index contributed by atoms with van der Waals surface area (Å²) in [4.78, 5) is 27.9. The quantitative estimate of drug-likeness (QED) is 0.669. The van der Waals surface area contributed by atoms with Gasteiger partial charge in [-0.2, -0.15) is 0 Å². The molecule has 0 unspecified atom stereocenters. The third-order valence-corrected chi connectivity index (χ3v) is 3.64. The number of ketones is 1. The van der Waals surface area contributed by atoms with Crippen LogP contribution in [0.4, 0.5) is 21.5 Å². The Morgan fingerprint density at radius 1 is 0.885 bits per heavy atom. The number of hydrogen-bond donors (Lipinski definition) is 2. The summed E-state index contributed by atoms with van der Waals surface area (Å²) in [5.41, 5.74) is 2.58. The van der Waals surface area contributed by atoms with Gasteiger partial charge >= 0.3 is 0 Å². The van der Waals surface area contributed by atoms with Crippen molar-refractivity contribution in [3.63, 3.8) is 0 Å². The Hall–Kier alpha value is -3.54. The van der Waals surface area contributed by atoms with Crippen LogP contribution in [0.15, 0.2) is 67.0 Å². The average Bonchev–Trinajstić information content (AvgIpc) is 2.62. The number of carbonyl (C=O) groups is 2. The minimum Gasteiger partial charge on any atom is -0.354 e. The van der Waals surface area contributed by atoms with Crippen LogP contribution in [-0.4, -0.2) is 16.7 Å². The second kappa shape index (κ2) is 7.57. The zero-order chi connectivity index (χ0) is 18.5. The molecule has 1 aromatic heterocycles. The number of aromatic nitrogens is 1. The molecule has 0 aliphatic carbocycles. The van der Waals surface area contributed by atoms with E-state index in [1.807, 2.05) is 6.07 Å². The maximum Gasteiger partial charge on any atom is 0.257 e. The van der Waals surface area contributed by atoms with Crippen molar-refractivity contribution in [2.24, 2.45) is 0 Å². The Morgan fingerprint density at radius 2 is 1.62 bits per heavy atom. The highest BCUT2D eigenvalue weighted by Gasteiger charge is 2.09. The van der Waals surface area contributed by atoms with Crippen molar-refractivity contribution in [2.45, 2.75) is 6.92 Å². The highest BCUT2D eigenvalue weighted by Crippen LogP contribution is 2.19. The van der Waals surface area contributed by atoms with Gasteiger partial charge in [0.2, 0.25) is 0 Å². The van der Waals surface area contributed by atoms with Crippen molar-refractivity contribution in [1.29, 1.82) is 0 Å². The average molecular weight is 349 g/mol. The summed E-state index contributed by atoms with van der Waals surface area (Å²) < 4.78 is 13.2. The molecule has 0 aliphatic heterocycles. The van der Waals surface area contributed by atoms with Gasteiger partial charge in [-0.1, -0.05) is 18.2 Å². The first kappa shape index (κ1) is 17.3. The lowest BCUT2D eigenvalue weighted by Gasteiger charge is -2.09. The molecule has 5 nitrogen and oxygen atoms in total. The number of anilines is 3. The largest absolute Gasteiger partial charge is 0.354 e. The topological polar surface area (TPSA) is 71.1 Å². The molecule has 0 fully saturated rings. The molecule has 26 heavy (non-hydrogen) atoms. The fourth-order valence-electron chi connectivity index (χ4n) is 2.38. The highest BCUT2D eigenvalue weighted by molar-refractivity contribution is 6.04. The zero-order valence-corrected chi connectivity index (χ0v) is 14.0. The smallest absolute Gasteiger partial charge is 0.257 e. The molecule has 3 rings (SSSR count). The van der Waals surface area contributed by atoms with E-state index in [1.165, 1.54) is 31.3 Å². The van der Waals surface area contributed by atoms with Gasteiger partial charge in [0.1, 0.15) is 5.82 Å². The lowest BCUT2D eigenvalue weighted by atomic mass is 10.1. The maximum atomic E-state index is 13.2. The molecule has 1 heterocycles. The van der Waals surface area contributed by atoms with Crippen molar-refractivity contribution in [1.82, 2.24) is 4.98 Å². The molecule has 3 aromatic rings. The normalized spacial score (nSPS) is 10.2. The van der Waals surface area contributed by atoms with E-state index in [4.69, 9.17) is 0 Å². The number of benzene rings is 2. The molecule has 6 heteroatoms. The van der Waals surface area contributed by atoms with Gasteiger partial charge in [0.15, 0.2) is 5.78 Å². The monoisotopic (exact) mass is 349 g/mol. The van der Waals surface area contributed by atoms with E-state index < -0.39 is 11.7 Å². The van der Waals surface area contributed by atoms with E-state index in [-0.39, 0.29) is 5.78 Å². The van der Waals surface area contributed by atoms with Crippen molar-refractivity contribution in [3.05, 3.63) is 83.9 Å². The zero-order valence-electron chi connectivity index (χ0n) is 14.0. The van der Waals surface area contributed by atoms with Crippen LogP contribution in [0.2, 0.25) is 0 Å². The second-order valence-corrected chi connectivity index (χ2v) is 5.69. The standard InChI is InChI=1S/C20H16FN3O2/c1-13(25)14-4-2-6-17(8-14)23-19-9-15(11-22-12-19)20(26)24-18-7-3-5-16(21)10-18/h2-12,23H,1H3,(H,24,26). The Labute approximate surface area is 149 Å². The van der Waals surface area contributed by atoms with Crippen molar-refractivity contribution in [2.75, 3.05) is 10.6 Å². The number of nitrogens with one attached hydrogen (secondary N) is 2. The van der Waals surface area contributed by atoms with E-state index in [0.29, 0.717) is 28.2 Å². The number of pyridine rings is 1. The molecule has 130 valence electrons. The number of Topliss-reactive ketones (excluding diaryl/α,β-unsaturated/α-hetero) is 1. The molecule has 0 aliphatic rings. The van der Waals surface area contributed by atoms with Gasteiger partial charge < -0.3 is 10.6 Å². The minimum absolute atomic E-state index is 0.0324. The summed E-state index contributed by atoms with van der Waals surface area (Å²) in [6.45, 7) is 1.50. The van der Waals surface area contributed by atoms with Crippen molar-refractivity contribution in [3.8, 4) is 0 Å². The first-order chi connectivity index (χ1) is 12.5. The Morgan fingerprint density at radius 3 is 2.38 bits per heavy atom. The van der Waals surface area contributed by atoms with Gasteiger partial charge in [0.05, 0.1) is 17.4 Å². The summed E-state index contributed by atoms with van der Waals surface area (Å²) in [6, 6.07) is 14.3. The van der Waals surface area contributed by atoms with E-state index in [9.17, 15) is 14.0 Å². The molecular formula is C20H16FN3O2. The van der Waals surface area contributed by atoms with Crippen LogP contribution in [0.5, 0.6) is 0 Å². The minimum atomic E-state index is -0.429. The molecule has 0 spiro atoms. The molecule has 0 saturated heterocycles. The Bertz CT molecular complexity index is 973. The van der Waals surface area contributed by atoms with Crippen LogP contribution in [0.25, 0.3) is 0 Å². The van der Waals surface area contributed by atoms with Gasteiger partial charge in [-0.25, -0.2) is 4.39 Å². The van der Waals surface area contributed by atoms with E-state index in [1.54, 1.807) is 36.5 Å². The first-order valence-electron chi connectivity index (χ1n) is 7.91. The number of amides is 1. The van der Waals surface area contributed by atoms with Gasteiger partial charge in [-0.15, -0.1) is 0 Å². The number of hydrogen-bond acceptors (Lipinski definition) is 4. The molecule has 2 N–H and O–H groups in total.